The standard InChI is InChI=1S/C16H22BrN/c1-12-5-6-13(17)14(11-12)18-15-7-10-16(15)8-3-2-4-9-16/h5-6,11,15,18H,2-4,7-10H2,1H3. The van der Waals surface area contributed by atoms with Crippen molar-refractivity contribution in [3.05, 3.63) is 28.2 Å². The number of rotatable bonds is 2. The van der Waals surface area contributed by atoms with Crippen LogP contribution in [0.1, 0.15) is 50.5 Å². The van der Waals surface area contributed by atoms with Gasteiger partial charge >= 0.3 is 0 Å². The van der Waals surface area contributed by atoms with Crippen molar-refractivity contribution in [2.45, 2.75) is 57.9 Å². The summed E-state index contributed by atoms with van der Waals surface area (Å²) in [6.07, 6.45) is 9.99. The number of benzene rings is 1. The third-order valence-electron chi connectivity index (χ3n) is 4.97. The molecule has 1 unspecified atom stereocenters. The molecule has 1 nitrogen and oxygen atoms in total. The molecule has 1 N–H and O–H groups in total. The van der Waals surface area contributed by atoms with E-state index in [0.717, 1.165) is 0 Å². The maximum atomic E-state index is 3.80. The Hall–Kier alpha value is -0.500. The molecule has 0 aromatic heterocycles. The van der Waals surface area contributed by atoms with Crippen LogP contribution < -0.4 is 5.32 Å². The second-order valence-electron chi connectivity index (χ2n) is 6.14. The highest BCUT2D eigenvalue weighted by Crippen LogP contribution is 2.53. The number of aryl methyl sites for hydroxylation is 1. The Bertz CT molecular complexity index is 435. The lowest BCUT2D eigenvalue weighted by Gasteiger charge is -2.53. The summed E-state index contributed by atoms with van der Waals surface area (Å²) in [5.41, 5.74) is 3.24. The van der Waals surface area contributed by atoms with Crippen molar-refractivity contribution >= 4 is 21.6 Å². The van der Waals surface area contributed by atoms with Gasteiger partial charge in [-0.2, -0.15) is 0 Å². The van der Waals surface area contributed by atoms with Crippen LogP contribution in [0.4, 0.5) is 5.69 Å². The summed E-state index contributed by atoms with van der Waals surface area (Å²) in [5.74, 6) is 0. The molecule has 0 aliphatic heterocycles. The summed E-state index contributed by atoms with van der Waals surface area (Å²) in [5, 5.41) is 3.80. The van der Waals surface area contributed by atoms with Gasteiger partial charge in [0.05, 0.1) is 0 Å². The van der Waals surface area contributed by atoms with Gasteiger partial charge in [-0.25, -0.2) is 0 Å². The molecule has 1 aromatic carbocycles. The molecule has 18 heavy (non-hydrogen) atoms. The first-order valence-electron chi connectivity index (χ1n) is 7.22. The van der Waals surface area contributed by atoms with E-state index in [1.807, 2.05) is 0 Å². The molecule has 2 saturated carbocycles. The summed E-state index contributed by atoms with van der Waals surface area (Å²) < 4.78 is 1.20. The van der Waals surface area contributed by atoms with E-state index in [1.54, 1.807) is 0 Å². The van der Waals surface area contributed by atoms with E-state index in [-0.39, 0.29) is 0 Å². The molecule has 2 aliphatic rings. The molecule has 0 heterocycles. The van der Waals surface area contributed by atoms with E-state index < -0.39 is 0 Å². The molecule has 0 radical (unpaired) electrons. The molecule has 0 amide bonds. The maximum absolute atomic E-state index is 3.80. The lowest BCUT2D eigenvalue weighted by Crippen LogP contribution is -2.50. The molecular formula is C16H22BrN. The van der Waals surface area contributed by atoms with Crippen LogP contribution in [0.15, 0.2) is 22.7 Å². The molecule has 98 valence electrons. The van der Waals surface area contributed by atoms with Crippen LogP contribution in [0.2, 0.25) is 0 Å². The van der Waals surface area contributed by atoms with Gasteiger partial charge in [-0.1, -0.05) is 25.3 Å². The third kappa shape index (κ3) is 2.20. The van der Waals surface area contributed by atoms with Gasteiger partial charge in [0.2, 0.25) is 0 Å². The zero-order chi connectivity index (χ0) is 12.6. The van der Waals surface area contributed by atoms with Crippen LogP contribution in [0.3, 0.4) is 0 Å². The zero-order valence-electron chi connectivity index (χ0n) is 11.1. The minimum Gasteiger partial charge on any atom is -0.381 e. The highest BCUT2D eigenvalue weighted by Gasteiger charge is 2.46. The number of halogens is 1. The van der Waals surface area contributed by atoms with Crippen LogP contribution >= 0.6 is 15.9 Å². The Morgan fingerprint density at radius 2 is 1.94 bits per heavy atom. The quantitative estimate of drug-likeness (QED) is 0.783. The number of hydrogen-bond acceptors (Lipinski definition) is 1. The lowest BCUT2D eigenvalue weighted by atomic mass is 9.57. The summed E-state index contributed by atoms with van der Waals surface area (Å²) in [6.45, 7) is 2.16. The Morgan fingerprint density at radius 1 is 1.17 bits per heavy atom. The fourth-order valence-corrected chi connectivity index (χ4v) is 4.08. The SMILES string of the molecule is Cc1ccc(Br)c(NC2CCC23CCCCC3)c1. The molecule has 2 heteroatoms. The lowest BCUT2D eigenvalue weighted by molar-refractivity contribution is 0.0571. The largest absolute Gasteiger partial charge is 0.381 e. The summed E-state index contributed by atoms with van der Waals surface area (Å²) in [7, 11) is 0. The van der Waals surface area contributed by atoms with Crippen molar-refractivity contribution in [1.82, 2.24) is 0 Å². The molecule has 2 aliphatic carbocycles. The van der Waals surface area contributed by atoms with Gasteiger partial charge in [-0.15, -0.1) is 0 Å². The van der Waals surface area contributed by atoms with Gasteiger partial charge in [-0.3, -0.25) is 0 Å². The Morgan fingerprint density at radius 3 is 2.61 bits per heavy atom. The van der Waals surface area contributed by atoms with E-state index in [2.05, 4.69) is 46.4 Å². The highest BCUT2D eigenvalue weighted by atomic mass is 79.9. The van der Waals surface area contributed by atoms with E-state index >= 15 is 0 Å². The molecule has 0 saturated heterocycles. The maximum Gasteiger partial charge on any atom is 0.0489 e. The second-order valence-corrected chi connectivity index (χ2v) is 7.00. The number of hydrogen-bond donors (Lipinski definition) is 1. The minimum atomic E-state index is 0.626. The fraction of sp³-hybridized carbons (Fsp3) is 0.625. The Kier molecular flexibility index (Phi) is 3.40. The van der Waals surface area contributed by atoms with Crippen LogP contribution in [0.25, 0.3) is 0 Å². The Balaban J connectivity index is 1.74. The predicted molar refractivity (Wildman–Crippen MR) is 81.0 cm³/mol. The third-order valence-corrected chi connectivity index (χ3v) is 5.66. The molecule has 0 bridgehead atoms. The van der Waals surface area contributed by atoms with Crippen LogP contribution in [0.5, 0.6) is 0 Å². The van der Waals surface area contributed by atoms with Gasteiger partial charge < -0.3 is 5.32 Å². The molecule has 1 aromatic rings. The predicted octanol–water partition coefficient (Wildman–Crippen LogP) is 5.28. The number of nitrogens with one attached hydrogen (secondary N) is 1. The van der Waals surface area contributed by atoms with Gasteiger partial charge in [0.15, 0.2) is 0 Å². The summed E-state index contributed by atoms with van der Waals surface area (Å²) >= 11 is 3.66. The average molecular weight is 308 g/mol. The van der Waals surface area contributed by atoms with Gasteiger partial charge in [0.1, 0.15) is 0 Å². The van der Waals surface area contributed by atoms with Crippen molar-refractivity contribution in [3.8, 4) is 0 Å². The van der Waals surface area contributed by atoms with Crippen molar-refractivity contribution in [1.29, 1.82) is 0 Å². The zero-order valence-corrected chi connectivity index (χ0v) is 12.7. The molecule has 2 fully saturated rings. The summed E-state index contributed by atoms with van der Waals surface area (Å²) in [4.78, 5) is 0. The summed E-state index contributed by atoms with van der Waals surface area (Å²) in [6, 6.07) is 7.28. The average Bonchev–Trinajstić information content (AvgIpc) is 2.39. The van der Waals surface area contributed by atoms with E-state index in [4.69, 9.17) is 0 Å². The van der Waals surface area contributed by atoms with Crippen molar-refractivity contribution in [2.24, 2.45) is 5.41 Å². The van der Waals surface area contributed by atoms with Gasteiger partial charge in [0, 0.05) is 16.2 Å². The monoisotopic (exact) mass is 307 g/mol. The first-order chi connectivity index (χ1) is 8.70. The molecule has 1 spiro atoms. The first kappa shape index (κ1) is 12.5. The van der Waals surface area contributed by atoms with E-state index in [0.29, 0.717) is 11.5 Å². The molecular weight excluding hydrogens is 286 g/mol. The van der Waals surface area contributed by atoms with Gasteiger partial charge in [0.25, 0.3) is 0 Å². The smallest absolute Gasteiger partial charge is 0.0489 e. The normalized spacial score (nSPS) is 25.8. The Labute approximate surface area is 118 Å². The van der Waals surface area contributed by atoms with Crippen molar-refractivity contribution < 1.29 is 0 Å². The van der Waals surface area contributed by atoms with Gasteiger partial charge in [-0.05, 0) is 71.6 Å². The fourth-order valence-electron chi connectivity index (χ4n) is 3.71. The van der Waals surface area contributed by atoms with E-state index in [1.165, 1.54) is 60.7 Å². The molecule has 1 atom stereocenters. The topological polar surface area (TPSA) is 12.0 Å². The van der Waals surface area contributed by atoms with Crippen LogP contribution in [-0.2, 0) is 0 Å². The van der Waals surface area contributed by atoms with Crippen LogP contribution in [-0.4, -0.2) is 6.04 Å². The molecule has 3 rings (SSSR count). The van der Waals surface area contributed by atoms with E-state index in [9.17, 15) is 0 Å². The number of anilines is 1. The minimum absolute atomic E-state index is 0.626. The van der Waals surface area contributed by atoms with Crippen LogP contribution in [0, 0.1) is 12.3 Å². The van der Waals surface area contributed by atoms with Crippen molar-refractivity contribution in [3.63, 3.8) is 0 Å². The highest BCUT2D eigenvalue weighted by molar-refractivity contribution is 9.10. The van der Waals surface area contributed by atoms with Crippen molar-refractivity contribution in [2.75, 3.05) is 5.32 Å². The second kappa shape index (κ2) is 4.88. The first-order valence-corrected chi connectivity index (χ1v) is 8.02.